The summed E-state index contributed by atoms with van der Waals surface area (Å²) >= 11 is 0. The smallest absolute Gasteiger partial charge is 0.0660 e. The van der Waals surface area contributed by atoms with E-state index in [0.29, 0.717) is 5.41 Å². The Bertz CT molecular complexity index is 197. The van der Waals surface area contributed by atoms with E-state index in [1.165, 1.54) is 0 Å². The van der Waals surface area contributed by atoms with E-state index in [1.54, 1.807) is 0 Å². The van der Waals surface area contributed by atoms with Gasteiger partial charge in [-0.25, -0.2) is 0 Å². The lowest BCUT2D eigenvalue weighted by molar-refractivity contribution is 0.00776. The van der Waals surface area contributed by atoms with Crippen LogP contribution in [0.5, 0.6) is 0 Å². The number of hydrogen-bond acceptors (Lipinski definition) is 2. The van der Waals surface area contributed by atoms with E-state index < -0.39 is 5.60 Å². The molecular formula is C13H27NO. The van der Waals surface area contributed by atoms with E-state index >= 15 is 0 Å². The molecule has 1 unspecified atom stereocenters. The van der Waals surface area contributed by atoms with Crippen molar-refractivity contribution in [3.05, 3.63) is 0 Å². The molecule has 1 aliphatic heterocycles. The molecule has 0 saturated carbocycles. The van der Waals surface area contributed by atoms with E-state index in [4.69, 9.17) is 0 Å². The molecule has 2 heteroatoms. The quantitative estimate of drug-likeness (QED) is 0.762. The molecule has 2 nitrogen and oxygen atoms in total. The predicted molar refractivity (Wildman–Crippen MR) is 65.0 cm³/mol. The zero-order valence-electron chi connectivity index (χ0n) is 10.8. The molecule has 1 aliphatic rings. The minimum atomic E-state index is -0.391. The molecule has 0 aliphatic carbocycles. The van der Waals surface area contributed by atoms with E-state index in [2.05, 4.69) is 32.7 Å². The van der Waals surface area contributed by atoms with Crippen molar-refractivity contribution in [3.8, 4) is 0 Å². The van der Waals surface area contributed by atoms with E-state index in [0.717, 1.165) is 45.2 Å². The molecule has 90 valence electrons. The van der Waals surface area contributed by atoms with Crippen LogP contribution in [0.25, 0.3) is 0 Å². The van der Waals surface area contributed by atoms with Crippen molar-refractivity contribution in [1.29, 1.82) is 0 Å². The van der Waals surface area contributed by atoms with Gasteiger partial charge in [0.15, 0.2) is 0 Å². The fourth-order valence-corrected chi connectivity index (χ4v) is 2.17. The Balaban J connectivity index is 2.43. The second-order valence-electron chi connectivity index (χ2n) is 6.44. The van der Waals surface area contributed by atoms with Crippen LogP contribution in [0.15, 0.2) is 0 Å². The molecule has 1 atom stereocenters. The fraction of sp³-hybridized carbons (Fsp3) is 1.00. The monoisotopic (exact) mass is 213 g/mol. The van der Waals surface area contributed by atoms with Crippen LogP contribution in [0.2, 0.25) is 0 Å². The summed E-state index contributed by atoms with van der Waals surface area (Å²) in [7, 11) is 2.15. The molecule has 0 spiro atoms. The summed E-state index contributed by atoms with van der Waals surface area (Å²) in [5, 5.41) is 10.5. The maximum absolute atomic E-state index is 10.5. The van der Waals surface area contributed by atoms with Crippen molar-refractivity contribution in [3.63, 3.8) is 0 Å². The normalized spacial score (nSPS) is 30.2. The third-order valence-electron chi connectivity index (χ3n) is 3.48. The van der Waals surface area contributed by atoms with Gasteiger partial charge in [-0.05, 0) is 51.1 Å². The SMILES string of the molecule is CN1CCCC(O)(CCC(C)(C)C)CC1. The summed E-state index contributed by atoms with van der Waals surface area (Å²) in [6, 6.07) is 0. The van der Waals surface area contributed by atoms with Gasteiger partial charge in [0.1, 0.15) is 0 Å². The highest BCUT2D eigenvalue weighted by Crippen LogP contribution is 2.31. The van der Waals surface area contributed by atoms with Gasteiger partial charge < -0.3 is 10.0 Å². The molecular weight excluding hydrogens is 186 g/mol. The van der Waals surface area contributed by atoms with Crippen molar-refractivity contribution in [2.45, 2.75) is 58.5 Å². The van der Waals surface area contributed by atoms with Gasteiger partial charge in [-0.15, -0.1) is 0 Å². The van der Waals surface area contributed by atoms with Crippen LogP contribution in [-0.4, -0.2) is 35.7 Å². The number of likely N-dealkylation sites (tertiary alicyclic amines) is 1. The second kappa shape index (κ2) is 4.84. The number of aliphatic hydroxyl groups is 1. The standard InChI is InChI=1S/C13H27NO/c1-12(2,3)7-8-13(15)6-5-10-14(4)11-9-13/h15H,5-11H2,1-4H3. The average Bonchev–Trinajstić information content (AvgIpc) is 2.26. The van der Waals surface area contributed by atoms with Crippen LogP contribution in [0.1, 0.15) is 52.9 Å². The van der Waals surface area contributed by atoms with Gasteiger partial charge in [0.2, 0.25) is 0 Å². The zero-order chi connectivity index (χ0) is 11.5. The summed E-state index contributed by atoms with van der Waals surface area (Å²) in [4.78, 5) is 2.33. The zero-order valence-corrected chi connectivity index (χ0v) is 10.8. The van der Waals surface area contributed by atoms with E-state index in [-0.39, 0.29) is 0 Å². The molecule has 0 radical (unpaired) electrons. The van der Waals surface area contributed by atoms with Gasteiger partial charge in [-0.1, -0.05) is 20.8 Å². The molecule has 0 amide bonds. The Labute approximate surface area is 94.7 Å². The van der Waals surface area contributed by atoms with Crippen molar-refractivity contribution in [2.24, 2.45) is 5.41 Å². The summed E-state index contributed by atoms with van der Waals surface area (Å²) in [5.41, 5.74) is -0.0496. The Hall–Kier alpha value is -0.0800. The molecule has 1 fully saturated rings. The van der Waals surface area contributed by atoms with Crippen LogP contribution in [0.4, 0.5) is 0 Å². The molecule has 15 heavy (non-hydrogen) atoms. The Morgan fingerprint density at radius 2 is 1.87 bits per heavy atom. The first-order valence-electron chi connectivity index (χ1n) is 6.22. The lowest BCUT2D eigenvalue weighted by Gasteiger charge is -2.30. The fourth-order valence-electron chi connectivity index (χ4n) is 2.17. The third-order valence-corrected chi connectivity index (χ3v) is 3.48. The van der Waals surface area contributed by atoms with Crippen molar-refractivity contribution in [1.82, 2.24) is 4.90 Å². The predicted octanol–water partition coefficient (Wildman–Crippen LogP) is 2.66. The minimum Gasteiger partial charge on any atom is -0.390 e. The summed E-state index contributed by atoms with van der Waals surface area (Å²) in [6.07, 6.45) is 5.14. The van der Waals surface area contributed by atoms with Gasteiger partial charge in [0, 0.05) is 6.54 Å². The maximum Gasteiger partial charge on any atom is 0.0660 e. The number of nitrogens with zero attached hydrogens (tertiary/aromatic N) is 1. The lowest BCUT2D eigenvalue weighted by atomic mass is 9.82. The second-order valence-corrected chi connectivity index (χ2v) is 6.44. The molecule has 0 aromatic heterocycles. The molecule has 0 aromatic carbocycles. The molecule has 1 heterocycles. The molecule has 0 aromatic rings. The van der Waals surface area contributed by atoms with Gasteiger partial charge >= 0.3 is 0 Å². The topological polar surface area (TPSA) is 23.5 Å². The van der Waals surface area contributed by atoms with Crippen molar-refractivity contribution >= 4 is 0 Å². The van der Waals surface area contributed by atoms with Crippen LogP contribution >= 0.6 is 0 Å². The lowest BCUT2D eigenvalue weighted by Crippen LogP contribution is -2.31. The first kappa shape index (κ1) is 13.0. The van der Waals surface area contributed by atoms with Gasteiger partial charge in [0.25, 0.3) is 0 Å². The first-order valence-corrected chi connectivity index (χ1v) is 6.22. The maximum atomic E-state index is 10.5. The van der Waals surface area contributed by atoms with Crippen molar-refractivity contribution in [2.75, 3.05) is 20.1 Å². The summed E-state index contributed by atoms with van der Waals surface area (Å²) in [5.74, 6) is 0. The Morgan fingerprint density at radius 1 is 1.20 bits per heavy atom. The molecule has 1 N–H and O–H groups in total. The number of rotatable bonds is 2. The van der Waals surface area contributed by atoms with E-state index in [1.807, 2.05) is 0 Å². The largest absolute Gasteiger partial charge is 0.390 e. The summed E-state index contributed by atoms with van der Waals surface area (Å²) < 4.78 is 0. The average molecular weight is 213 g/mol. The van der Waals surface area contributed by atoms with Crippen LogP contribution in [0.3, 0.4) is 0 Å². The van der Waals surface area contributed by atoms with Crippen LogP contribution in [-0.2, 0) is 0 Å². The van der Waals surface area contributed by atoms with Gasteiger partial charge in [-0.3, -0.25) is 0 Å². The molecule has 0 bridgehead atoms. The Kier molecular flexibility index (Phi) is 4.19. The highest BCUT2D eigenvalue weighted by atomic mass is 16.3. The number of hydrogen-bond donors (Lipinski definition) is 1. The Morgan fingerprint density at radius 3 is 2.47 bits per heavy atom. The van der Waals surface area contributed by atoms with Gasteiger partial charge in [0.05, 0.1) is 5.60 Å². The van der Waals surface area contributed by atoms with E-state index in [9.17, 15) is 5.11 Å². The highest BCUT2D eigenvalue weighted by molar-refractivity contribution is 4.84. The molecule has 1 rings (SSSR count). The molecule has 1 saturated heterocycles. The highest BCUT2D eigenvalue weighted by Gasteiger charge is 2.30. The van der Waals surface area contributed by atoms with Crippen LogP contribution in [0, 0.1) is 5.41 Å². The van der Waals surface area contributed by atoms with Crippen LogP contribution < -0.4 is 0 Å². The first-order chi connectivity index (χ1) is 6.81. The minimum absolute atomic E-state index is 0.341. The van der Waals surface area contributed by atoms with Gasteiger partial charge in [-0.2, -0.15) is 0 Å². The van der Waals surface area contributed by atoms with Crippen molar-refractivity contribution < 1.29 is 5.11 Å². The summed E-state index contributed by atoms with van der Waals surface area (Å²) in [6.45, 7) is 8.93. The third kappa shape index (κ3) is 4.98.